The van der Waals surface area contributed by atoms with Crippen LogP contribution in [-0.2, 0) is 13.6 Å². The van der Waals surface area contributed by atoms with Crippen molar-refractivity contribution in [3.63, 3.8) is 0 Å². The molecular weight excluding hydrogens is 328 g/mol. The Morgan fingerprint density at radius 2 is 2.00 bits per heavy atom. The summed E-state index contributed by atoms with van der Waals surface area (Å²) >= 11 is 0. The quantitative estimate of drug-likeness (QED) is 0.705. The van der Waals surface area contributed by atoms with Gasteiger partial charge in [0.2, 0.25) is 5.43 Å². The predicted molar refractivity (Wildman–Crippen MR) is 106 cm³/mol. The molecule has 3 aromatic rings. The fourth-order valence-corrected chi connectivity index (χ4v) is 3.64. The highest BCUT2D eigenvalue weighted by molar-refractivity contribution is 5.92. The number of aliphatic hydroxyl groups excluding tert-OH is 1. The highest BCUT2D eigenvalue weighted by atomic mass is 16.3. The molecule has 140 valence electrons. The van der Waals surface area contributed by atoms with Crippen LogP contribution in [0.1, 0.15) is 25.8 Å². The molecule has 26 heavy (non-hydrogen) atoms. The molecule has 0 saturated heterocycles. The summed E-state index contributed by atoms with van der Waals surface area (Å²) in [5, 5.41) is 14.3. The van der Waals surface area contributed by atoms with Crippen molar-refractivity contribution in [1.29, 1.82) is 0 Å². The molecule has 2 heterocycles. The monoisotopic (exact) mass is 356 g/mol. The van der Waals surface area contributed by atoms with Gasteiger partial charge < -0.3 is 9.67 Å². The third kappa shape index (κ3) is 3.39. The first-order chi connectivity index (χ1) is 12.4. The molecule has 0 saturated carbocycles. The van der Waals surface area contributed by atoms with E-state index in [1.54, 1.807) is 10.9 Å². The standard InChI is InChI=1S/C20H28N4O2/c1-14(2)23(10-11-25)8-5-9-24-17-7-6-15(3)12-16(17)20(26)19-18(24)13-21-22(19)4/h6-7,12-14,25H,5,8-11H2,1-4H3. The van der Waals surface area contributed by atoms with E-state index in [9.17, 15) is 9.90 Å². The van der Waals surface area contributed by atoms with Crippen LogP contribution < -0.4 is 5.43 Å². The van der Waals surface area contributed by atoms with Crippen LogP contribution in [-0.4, -0.2) is 50.1 Å². The van der Waals surface area contributed by atoms with Crippen LogP contribution in [0.3, 0.4) is 0 Å². The molecule has 2 aromatic heterocycles. The Labute approximate surface area is 153 Å². The number of aliphatic hydroxyl groups is 1. The van der Waals surface area contributed by atoms with Gasteiger partial charge in [0, 0.05) is 38.1 Å². The molecule has 1 aromatic carbocycles. The SMILES string of the molecule is Cc1ccc2c(c1)c(=O)c1c(cnn1C)n2CCCN(CCO)C(C)C. The van der Waals surface area contributed by atoms with Gasteiger partial charge in [-0.15, -0.1) is 0 Å². The maximum atomic E-state index is 12.9. The first-order valence-electron chi connectivity index (χ1n) is 9.23. The van der Waals surface area contributed by atoms with E-state index in [0.717, 1.165) is 41.5 Å². The van der Waals surface area contributed by atoms with Gasteiger partial charge in [0.1, 0.15) is 5.52 Å². The first-order valence-corrected chi connectivity index (χ1v) is 9.23. The van der Waals surface area contributed by atoms with Crippen molar-refractivity contribution in [2.24, 2.45) is 7.05 Å². The van der Waals surface area contributed by atoms with Crippen molar-refractivity contribution in [2.45, 2.75) is 39.8 Å². The Morgan fingerprint density at radius 3 is 2.69 bits per heavy atom. The van der Waals surface area contributed by atoms with Crippen LogP contribution >= 0.6 is 0 Å². The summed E-state index contributed by atoms with van der Waals surface area (Å²) in [7, 11) is 1.82. The Morgan fingerprint density at radius 1 is 1.23 bits per heavy atom. The zero-order valence-electron chi connectivity index (χ0n) is 16.1. The highest BCUT2D eigenvalue weighted by Crippen LogP contribution is 2.20. The van der Waals surface area contributed by atoms with Crippen LogP contribution in [0.15, 0.2) is 29.2 Å². The molecule has 3 rings (SSSR count). The molecule has 0 fully saturated rings. The maximum Gasteiger partial charge on any atom is 0.215 e. The normalized spacial score (nSPS) is 12.1. The van der Waals surface area contributed by atoms with Gasteiger partial charge in [0.05, 0.1) is 23.8 Å². The summed E-state index contributed by atoms with van der Waals surface area (Å²) < 4.78 is 3.87. The van der Waals surface area contributed by atoms with Crippen molar-refractivity contribution in [3.05, 3.63) is 40.2 Å². The van der Waals surface area contributed by atoms with Gasteiger partial charge in [-0.2, -0.15) is 5.10 Å². The lowest BCUT2D eigenvalue weighted by Crippen LogP contribution is -2.34. The molecule has 6 nitrogen and oxygen atoms in total. The second kappa shape index (κ2) is 7.60. The summed E-state index contributed by atoms with van der Waals surface area (Å²) in [6.07, 6.45) is 2.72. The lowest BCUT2D eigenvalue weighted by molar-refractivity contribution is 0.163. The molecule has 0 atom stereocenters. The predicted octanol–water partition coefficient (Wildman–Crippen LogP) is 2.29. The number of rotatable bonds is 7. The third-order valence-corrected chi connectivity index (χ3v) is 5.06. The minimum Gasteiger partial charge on any atom is -0.395 e. The average molecular weight is 356 g/mol. The number of hydrogen-bond donors (Lipinski definition) is 1. The van der Waals surface area contributed by atoms with E-state index in [0.29, 0.717) is 18.1 Å². The molecule has 0 amide bonds. The highest BCUT2D eigenvalue weighted by Gasteiger charge is 2.15. The molecule has 0 spiro atoms. The fraction of sp³-hybridized carbons (Fsp3) is 0.500. The van der Waals surface area contributed by atoms with Gasteiger partial charge in [-0.1, -0.05) is 11.6 Å². The smallest absolute Gasteiger partial charge is 0.215 e. The molecule has 0 radical (unpaired) electrons. The number of benzene rings is 1. The lowest BCUT2D eigenvalue weighted by Gasteiger charge is -2.26. The van der Waals surface area contributed by atoms with Gasteiger partial charge in [0.25, 0.3) is 0 Å². The Kier molecular flexibility index (Phi) is 5.44. The Hall–Kier alpha value is -2.18. The number of nitrogens with zero attached hydrogens (tertiary/aromatic N) is 4. The topological polar surface area (TPSA) is 63.3 Å². The van der Waals surface area contributed by atoms with Crippen molar-refractivity contribution in [2.75, 3.05) is 19.7 Å². The van der Waals surface area contributed by atoms with Crippen LogP contribution in [0.25, 0.3) is 21.9 Å². The van der Waals surface area contributed by atoms with Crippen molar-refractivity contribution >= 4 is 21.9 Å². The van der Waals surface area contributed by atoms with Gasteiger partial charge >= 0.3 is 0 Å². The zero-order valence-corrected chi connectivity index (χ0v) is 16.1. The Bertz CT molecular complexity index is 971. The molecule has 6 heteroatoms. The number of aryl methyl sites for hydroxylation is 3. The molecule has 0 aliphatic carbocycles. The Balaban J connectivity index is 2.01. The van der Waals surface area contributed by atoms with Gasteiger partial charge in [-0.05, 0) is 39.3 Å². The van der Waals surface area contributed by atoms with Crippen LogP contribution in [0.4, 0.5) is 0 Å². The molecule has 1 N–H and O–H groups in total. The summed E-state index contributed by atoms with van der Waals surface area (Å²) in [5.74, 6) is 0. The van der Waals surface area contributed by atoms with Crippen LogP contribution in [0.5, 0.6) is 0 Å². The second-order valence-corrected chi connectivity index (χ2v) is 7.21. The molecule has 0 unspecified atom stereocenters. The largest absolute Gasteiger partial charge is 0.395 e. The van der Waals surface area contributed by atoms with Gasteiger partial charge in [0.15, 0.2) is 0 Å². The van der Waals surface area contributed by atoms with Crippen molar-refractivity contribution in [1.82, 2.24) is 19.2 Å². The van der Waals surface area contributed by atoms with E-state index >= 15 is 0 Å². The second-order valence-electron chi connectivity index (χ2n) is 7.21. The number of hydrogen-bond acceptors (Lipinski definition) is 4. The summed E-state index contributed by atoms with van der Waals surface area (Å²) in [4.78, 5) is 15.2. The zero-order chi connectivity index (χ0) is 18.8. The van der Waals surface area contributed by atoms with E-state index in [1.807, 2.05) is 32.2 Å². The first kappa shape index (κ1) is 18.6. The minimum atomic E-state index is 0.0408. The molecule has 0 bridgehead atoms. The molecule has 0 aliphatic heterocycles. The maximum absolute atomic E-state index is 12.9. The number of pyridine rings is 1. The number of aromatic nitrogens is 3. The van der Waals surface area contributed by atoms with Crippen LogP contribution in [0, 0.1) is 6.92 Å². The van der Waals surface area contributed by atoms with Crippen LogP contribution in [0.2, 0.25) is 0 Å². The lowest BCUT2D eigenvalue weighted by atomic mass is 10.1. The van der Waals surface area contributed by atoms with Crippen molar-refractivity contribution < 1.29 is 5.11 Å². The average Bonchev–Trinajstić information content (AvgIpc) is 2.98. The third-order valence-electron chi connectivity index (χ3n) is 5.06. The van der Waals surface area contributed by atoms with E-state index in [2.05, 4.69) is 28.4 Å². The van der Waals surface area contributed by atoms with E-state index in [-0.39, 0.29) is 12.0 Å². The minimum absolute atomic E-state index is 0.0408. The molecular formula is C20H28N4O2. The van der Waals surface area contributed by atoms with E-state index in [4.69, 9.17) is 0 Å². The van der Waals surface area contributed by atoms with Gasteiger partial charge in [-0.25, -0.2) is 0 Å². The van der Waals surface area contributed by atoms with E-state index < -0.39 is 0 Å². The summed E-state index contributed by atoms with van der Waals surface area (Å²) in [6.45, 7) is 8.86. The molecule has 0 aliphatic rings. The summed E-state index contributed by atoms with van der Waals surface area (Å²) in [5.41, 5.74) is 3.61. The van der Waals surface area contributed by atoms with E-state index in [1.165, 1.54) is 0 Å². The number of fused-ring (bicyclic) bond motifs is 2. The summed E-state index contributed by atoms with van der Waals surface area (Å²) in [6, 6.07) is 6.44. The fourth-order valence-electron chi connectivity index (χ4n) is 3.64. The van der Waals surface area contributed by atoms with Crippen molar-refractivity contribution in [3.8, 4) is 0 Å². The van der Waals surface area contributed by atoms with Gasteiger partial charge in [-0.3, -0.25) is 14.4 Å².